The van der Waals surface area contributed by atoms with E-state index in [1.165, 1.54) is 5.56 Å². The van der Waals surface area contributed by atoms with Gasteiger partial charge in [0.1, 0.15) is 0 Å². The molecular formula is C22H24N2O. The third-order valence-corrected chi connectivity index (χ3v) is 4.18. The molecule has 0 saturated heterocycles. The van der Waals surface area contributed by atoms with Gasteiger partial charge in [0.15, 0.2) is 0 Å². The first kappa shape index (κ1) is 17.2. The zero-order chi connectivity index (χ0) is 18.2. The fourth-order valence-corrected chi connectivity index (χ4v) is 3.00. The van der Waals surface area contributed by atoms with Gasteiger partial charge in [-0.15, -0.1) is 0 Å². The van der Waals surface area contributed by atoms with Gasteiger partial charge in [-0.1, -0.05) is 48.0 Å². The van der Waals surface area contributed by atoms with E-state index in [0.29, 0.717) is 5.56 Å². The van der Waals surface area contributed by atoms with Crippen LogP contribution in [0.25, 0.3) is 22.2 Å². The second kappa shape index (κ2) is 6.32. The highest BCUT2D eigenvalue weighted by molar-refractivity contribution is 6.09. The number of rotatable bonds is 2. The lowest BCUT2D eigenvalue weighted by Gasteiger charge is -2.22. The number of aromatic nitrogens is 1. The summed E-state index contributed by atoms with van der Waals surface area (Å²) in [4.78, 5) is 17.8. The van der Waals surface area contributed by atoms with Crippen LogP contribution in [0.2, 0.25) is 0 Å². The van der Waals surface area contributed by atoms with E-state index >= 15 is 0 Å². The monoisotopic (exact) mass is 332 g/mol. The molecule has 1 N–H and O–H groups in total. The molecule has 128 valence electrons. The Balaban J connectivity index is 2.25. The first-order valence-corrected chi connectivity index (χ1v) is 8.55. The van der Waals surface area contributed by atoms with Gasteiger partial charge in [0, 0.05) is 16.5 Å². The molecule has 25 heavy (non-hydrogen) atoms. The molecule has 3 rings (SSSR count). The highest BCUT2D eigenvalue weighted by Gasteiger charge is 2.22. The lowest BCUT2D eigenvalue weighted by atomic mass is 9.96. The number of benzene rings is 2. The van der Waals surface area contributed by atoms with Crippen LogP contribution in [0.4, 0.5) is 0 Å². The third kappa shape index (κ3) is 3.55. The minimum atomic E-state index is -0.294. The number of para-hydroxylation sites is 1. The number of hydrogen-bond acceptors (Lipinski definition) is 2. The molecule has 0 radical (unpaired) electrons. The van der Waals surface area contributed by atoms with Crippen molar-refractivity contribution in [3.63, 3.8) is 0 Å². The number of nitrogens with zero attached hydrogens (tertiary/aromatic N) is 1. The Hall–Kier alpha value is -2.68. The van der Waals surface area contributed by atoms with E-state index in [1.54, 1.807) is 0 Å². The summed E-state index contributed by atoms with van der Waals surface area (Å²) in [6.07, 6.45) is 0. The molecular weight excluding hydrogens is 308 g/mol. The summed E-state index contributed by atoms with van der Waals surface area (Å²) in [7, 11) is 0. The number of pyridine rings is 1. The topological polar surface area (TPSA) is 42.0 Å². The van der Waals surface area contributed by atoms with Crippen LogP contribution in [0, 0.1) is 13.8 Å². The molecule has 1 heterocycles. The van der Waals surface area contributed by atoms with Gasteiger partial charge in [0.05, 0.1) is 16.8 Å². The van der Waals surface area contributed by atoms with Crippen molar-refractivity contribution in [2.45, 2.75) is 40.2 Å². The Morgan fingerprint density at radius 3 is 2.24 bits per heavy atom. The molecule has 1 amide bonds. The summed E-state index contributed by atoms with van der Waals surface area (Å²) in [6, 6.07) is 16.1. The first-order valence-electron chi connectivity index (χ1n) is 8.55. The number of fused-ring (bicyclic) bond motifs is 1. The minimum absolute atomic E-state index is 0.0584. The predicted octanol–water partition coefficient (Wildman–Crippen LogP) is 5.05. The molecule has 0 aliphatic carbocycles. The van der Waals surface area contributed by atoms with Gasteiger partial charge in [-0.3, -0.25) is 4.79 Å². The van der Waals surface area contributed by atoms with Crippen molar-refractivity contribution in [2.75, 3.05) is 0 Å². The van der Waals surface area contributed by atoms with Crippen LogP contribution < -0.4 is 5.32 Å². The quantitative estimate of drug-likeness (QED) is 0.714. The maximum Gasteiger partial charge on any atom is 0.252 e. The maximum absolute atomic E-state index is 13.0. The molecule has 0 aliphatic heterocycles. The molecule has 3 nitrogen and oxygen atoms in total. The van der Waals surface area contributed by atoms with E-state index < -0.39 is 0 Å². The summed E-state index contributed by atoms with van der Waals surface area (Å²) in [5.74, 6) is -0.0584. The Morgan fingerprint density at radius 1 is 0.960 bits per heavy atom. The highest BCUT2D eigenvalue weighted by atomic mass is 16.1. The van der Waals surface area contributed by atoms with E-state index in [-0.39, 0.29) is 11.4 Å². The maximum atomic E-state index is 13.0. The summed E-state index contributed by atoms with van der Waals surface area (Å²) in [5.41, 5.74) is 5.24. The van der Waals surface area contributed by atoms with Crippen molar-refractivity contribution in [1.29, 1.82) is 0 Å². The predicted molar refractivity (Wildman–Crippen MR) is 104 cm³/mol. The van der Waals surface area contributed by atoms with Crippen molar-refractivity contribution < 1.29 is 4.79 Å². The first-order chi connectivity index (χ1) is 11.8. The number of carbonyl (C=O) groups is 1. The molecule has 3 heteroatoms. The number of carbonyl (C=O) groups excluding carboxylic acids is 1. The van der Waals surface area contributed by atoms with Gasteiger partial charge in [-0.2, -0.15) is 0 Å². The Morgan fingerprint density at radius 2 is 1.60 bits per heavy atom. The van der Waals surface area contributed by atoms with Gasteiger partial charge in [-0.25, -0.2) is 4.98 Å². The third-order valence-electron chi connectivity index (χ3n) is 4.18. The van der Waals surface area contributed by atoms with Gasteiger partial charge < -0.3 is 5.32 Å². The largest absolute Gasteiger partial charge is 0.347 e. The van der Waals surface area contributed by atoms with Crippen molar-refractivity contribution in [2.24, 2.45) is 0 Å². The van der Waals surface area contributed by atoms with Crippen molar-refractivity contribution in [3.8, 4) is 11.3 Å². The minimum Gasteiger partial charge on any atom is -0.347 e. The van der Waals surface area contributed by atoms with Crippen molar-refractivity contribution >= 4 is 16.8 Å². The van der Waals surface area contributed by atoms with Crippen LogP contribution in [0.5, 0.6) is 0 Å². The standard InChI is InChI=1S/C22H24N2O/c1-14-10-12-16(13-11-14)20-15(2)19(21(25)24-22(3,4)5)17-8-6-7-9-18(17)23-20/h6-13H,1-5H3,(H,24,25). The van der Waals surface area contributed by atoms with Gasteiger partial charge in [0.25, 0.3) is 5.91 Å². The second-order valence-electron chi connectivity index (χ2n) is 7.55. The number of aryl methyl sites for hydroxylation is 1. The van der Waals surface area contributed by atoms with Crippen LogP contribution in [0.3, 0.4) is 0 Å². The van der Waals surface area contributed by atoms with Crippen molar-refractivity contribution in [1.82, 2.24) is 10.3 Å². The van der Waals surface area contributed by atoms with E-state index in [2.05, 4.69) is 36.5 Å². The molecule has 1 aromatic heterocycles. The molecule has 2 aromatic carbocycles. The average Bonchev–Trinajstić information content (AvgIpc) is 2.53. The number of nitrogens with one attached hydrogen (secondary N) is 1. The highest BCUT2D eigenvalue weighted by Crippen LogP contribution is 2.30. The molecule has 0 unspecified atom stereocenters. The molecule has 0 spiro atoms. The second-order valence-corrected chi connectivity index (χ2v) is 7.55. The Kier molecular flexibility index (Phi) is 4.34. The van der Waals surface area contributed by atoms with Gasteiger partial charge in [0.2, 0.25) is 0 Å². The summed E-state index contributed by atoms with van der Waals surface area (Å²) < 4.78 is 0. The zero-order valence-electron chi connectivity index (χ0n) is 15.5. The van der Waals surface area contributed by atoms with E-state index in [9.17, 15) is 4.79 Å². The number of hydrogen-bond donors (Lipinski definition) is 1. The van der Waals surface area contributed by atoms with E-state index in [0.717, 1.165) is 27.7 Å². The SMILES string of the molecule is Cc1ccc(-c2nc3ccccc3c(C(=O)NC(C)(C)C)c2C)cc1. The van der Waals surface area contributed by atoms with Gasteiger partial charge in [-0.05, 0) is 46.2 Å². The smallest absolute Gasteiger partial charge is 0.252 e. The molecule has 0 bridgehead atoms. The van der Waals surface area contributed by atoms with Crippen molar-refractivity contribution in [3.05, 3.63) is 65.2 Å². The number of amides is 1. The average molecular weight is 332 g/mol. The van der Waals surface area contributed by atoms with Crippen LogP contribution in [0.15, 0.2) is 48.5 Å². The van der Waals surface area contributed by atoms with Gasteiger partial charge >= 0.3 is 0 Å². The zero-order valence-corrected chi connectivity index (χ0v) is 15.5. The lowest BCUT2D eigenvalue weighted by molar-refractivity contribution is 0.0920. The van der Waals surface area contributed by atoms with Crippen LogP contribution in [0.1, 0.15) is 42.3 Å². The normalized spacial score (nSPS) is 11.6. The summed E-state index contributed by atoms with van der Waals surface area (Å²) in [5, 5.41) is 3.98. The Bertz CT molecular complexity index is 935. The Labute approximate surface area is 149 Å². The fraction of sp³-hybridized carbons (Fsp3) is 0.273. The molecule has 0 atom stereocenters. The lowest BCUT2D eigenvalue weighted by Crippen LogP contribution is -2.41. The molecule has 0 saturated carbocycles. The molecule has 0 aliphatic rings. The summed E-state index contributed by atoms with van der Waals surface area (Å²) in [6.45, 7) is 10.0. The molecule has 0 fully saturated rings. The summed E-state index contributed by atoms with van der Waals surface area (Å²) >= 11 is 0. The molecule has 3 aromatic rings. The van der Waals surface area contributed by atoms with Crippen LogP contribution >= 0.6 is 0 Å². The van der Waals surface area contributed by atoms with Crippen LogP contribution in [-0.2, 0) is 0 Å². The van der Waals surface area contributed by atoms with E-state index in [4.69, 9.17) is 4.98 Å². The fourth-order valence-electron chi connectivity index (χ4n) is 3.00. The van der Waals surface area contributed by atoms with Crippen LogP contribution in [-0.4, -0.2) is 16.4 Å². The van der Waals surface area contributed by atoms with E-state index in [1.807, 2.05) is 52.0 Å².